The number of hydrogen-bond donors (Lipinski definition) is 0. The van der Waals surface area contributed by atoms with Gasteiger partial charge in [0.2, 0.25) is 11.8 Å². The van der Waals surface area contributed by atoms with Crippen molar-refractivity contribution in [1.82, 2.24) is 24.6 Å². The lowest BCUT2D eigenvalue weighted by Crippen LogP contribution is -2.36. The largest absolute Gasteiger partial charge is 0.497 e. The van der Waals surface area contributed by atoms with E-state index in [1.54, 1.807) is 25.7 Å². The van der Waals surface area contributed by atoms with Gasteiger partial charge in [-0.2, -0.15) is 5.10 Å². The summed E-state index contributed by atoms with van der Waals surface area (Å²) in [7, 11) is 1.65. The van der Waals surface area contributed by atoms with Crippen LogP contribution in [-0.2, 0) is 37.3 Å². The van der Waals surface area contributed by atoms with Gasteiger partial charge in [0.05, 0.1) is 13.3 Å². The molecule has 0 bridgehead atoms. The molecule has 1 aromatic carbocycles. The zero-order valence-corrected chi connectivity index (χ0v) is 18.0. The van der Waals surface area contributed by atoms with Crippen LogP contribution in [0, 0.1) is 0 Å². The minimum Gasteiger partial charge on any atom is -0.497 e. The summed E-state index contributed by atoms with van der Waals surface area (Å²) in [6.07, 6.45) is 6.78. The highest BCUT2D eigenvalue weighted by Gasteiger charge is 2.27. The Labute approximate surface area is 181 Å². The Morgan fingerprint density at radius 2 is 2.03 bits per heavy atom. The third-order valence-corrected chi connectivity index (χ3v) is 5.55. The molecule has 4 rings (SSSR count). The van der Waals surface area contributed by atoms with Crippen molar-refractivity contribution in [3.8, 4) is 11.6 Å². The van der Waals surface area contributed by atoms with Gasteiger partial charge in [-0.05, 0) is 31.0 Å². The van der Waals surface area contributed by atoms with Gasteiger partial charge in [0, 0.05) is 56.1 Å². The van der Waals surface area contributed by atoms with Crippen LogP contribution in [0.15, 0.2) is 42.9 Å². The van der Waals surface area contributed by atoms with E-state index in [9.17, 15) is 4.79 Å². The molecule has 2 aromatic heterocycles. The lowest BCUT2D eigenvalue weighted by Gasteiger charge is -2.28. The van der Waals surface area contributed by atoms with Gasteiger partial charge in [0.15, 0.2) is 0 Å². The molecule has 3 aromatic rings. The van der Waals surface area contributed by atoms with Crippen LogP contribution in [0.4, 0.5) is 0 Å². The number of carbonyl (C=O) groups excluding carboxylic acids is 1. The highest BCUT2D eigenvalue weighted by atomic mass is 16.5. The topological polar surface area (TPSA) is 82.4 Å². The quantitative estimate of drug-likeness (QED) is 0.556. The maximum Gasteiger partial charge on any atom is 0.232 e. The molecule has 0 fully saturated rings. The average molecular weight is 422 g/mol. The summed E-state index contributed by atoms with van der Waals surface area (Å²) in [4.78, 5) is 23.0. The Morgan fingerprint density at radius 1 is 1.19 bits per heavy atom. The molecule has 0 radical (unpaired) electrons. The number of nitrogens with zero attached hydrogens (tertiary/aromatic N) is 5. The molecule has 0 saturated heterocycles. The predicted octanol–water partition coefficient (Wildman–Crippen LogP) is 2.80. The molecular formula is C23H27N5O3. The van der Waals surface area contributed by atoms with E-state index >= 15 is 0 Å². The number of hydrogen-bond acceptors (Lipinski definition) is 6. The Balaban J connectivity index is 1.41. The number of fused-ring (bicyclic) bond motifs is 1. The molecule has 0 atom stereocenters. The number of carbonyl (C=O) groups is 1. The highest BCUT2D eigenvalue weighted by Crippen LogP contribution is 2.24. The first-order valence-corrected chi connectivity index (χ1v) is 10.5. The van der Waals surface area contributed by atoms with Crippen LogP contribution in [0.2, 0.25) is 0 Å². The van der Waals surface area contributed by atoms with Gasteiger partial charge in [-0.3, -0.25) is 14.5 Å². The number of methoxy groups -OCH3 is 1. The van der Waals surface area contributed by atoms with E-state index < -0.39 is 0 Å². The van der Waals surface area contributed by atoms with Gasteiger partial charge in [0.1, 0.15) is 18.1 Å². The number of ether oxygens (including phenoxy) is 2. The third-order valence-electron chi connectivity index (χ3n) is 5.55. The van der Waals surface area contributed by atoms with Crippen molar-refractivity contribution in [3.63, 3.8) is 0 Å². The number of amides is 1. The lowest BCUT2D eigenvalue weighted by molar-refractivity contribution is -0.132. The molecule has 0 unspecified atom stereocenters. The van der Waals surface area contributed by atoms with Gasteiger partial charge in [0.25, 0.3) is 0 Å². The number of aryl methyl sites for hydroxylation is 2. The monoisotopic (exact) mass is 421 g/mol. The molecule has 0 N–H and O–H groups in total. The summed E-state index contributed by atoms with van der Waals surface area (Å²) < 4.78 is 13.0. The van der Waals surface area contributed by atoms with E-state index in [1.165, 1.54) is 5.69 Å². The van der Waals surface area contributed by atoms with Crippen LogP contribution in [0.5, 0.6) is 11.6 Å². The van der Waals surface area contributed by atoms with Crippen molar-refractivity contribution in [2.24, 2.45) is 0 Å². The Morgan fingerprint density at radius 3 is 2.74 bits per heavy atom. The summed E-state index contributed by atoms with van der Waals surface area (Å²) in [6.45, 7) is 4.45. The summed E-state index contributed by atoms with van der Waals surface area (Å²) in [5.41, 5.74) is 4.27. The van der Waals surface area contributed by atoms with Gasteiger partial charge in [-0.25, -0.2) is 4.98 Å². The first-order valence-electron chi connectivity index (χ1n) is 10.5. The number of aromatic nitrogens is 4. The van der Waals surface area contributed by atoms with Crippen molar-refractivity contribution in [3.05, 3.63) is 65.4 Å². The Kier molecular flexibility index (Phi) is 6.45. The second kappa shape index (κ2) is 9.59. The second-order valence-electron chi connectivity index (χ2n) is 7.43. The standard InChI is InChI=1S/C23H27N5O3/c1-3-28-21-10-13-27(23(29)9-6-17-4-7-18(30-2)8-5-17)15-19(21)20(26-28)16-31-22-14-24-11-12-25-22/h4-5,7-8,11-12,14H,3,6,9-10,13,15-16H2,1-2H3. The van der Waals surface area contributed by atoms with Crippen molar-refractivity contribution in [1.29, 1.82) is 0 Å². The predicted molar refractivity (Wildman–Crippen MR) is 115 cm³/mol. The van der Waals surface area contributed by atoms with E-state index in [2.05, 4.69) is 16.9 Å². The van der Waals surface area contributed by atoms with Crippen molar-refractivity contribution in [2.45, 2.75) is 45.9 Å². The van der Waals surface area contributed by atoms with Crippen LogP contribution < -0.4 is 9.47 Å². The second-order valence-corrected chi connectivity index (χ2v) is 7.43. The molecule has 8 heteroatoms. The molecule has 3 heterocycles. The van der Waals surface area contributed by atoms with Crippen LogP contribution in [0.25, 0.3) is 0 Å². The molecule has 1 aliphatic heterocycles. The minimum atomic E-state index is 0.159. The van der Waals surface area contributed by atoms with Crippen molar-refractivity contribution >= 4 is 5.91 Å². The van der Waals surface area contributed by atoms with Crippen molar-refractivity contribution < 1.29 is 14.3 Å². The summed E-state index contributed by atoms with van der Waals surface area (Å²) in [5, 5.41) is 4.72. The van der Waals surface area contributed by atoms with Gasteiger partial charge in [-0.15, -0.1) is 0 Å². The fourth-order valence-corrected chi connectivity index (χ4v) is 3.86. The maximum absolute atomic E-state index is 12.9. The van der Waals surface area contributed by atoms with Crippen molar-refractivity contribution in [2.75, 3.05) is 13.7 Å². The summed E-state index contributed by atoms with van der Waals surface area (Å²) in [6, 6.07) is 7.87. The molecule has 31 heavy (non-hydrogen) atoms. The van der Waals surface area contributed by atoms with Gasteiger partial charge < -0.3 is 14.4 Å². The Bertz CT molecular complexity index is 1020. The Hall–Kier alpha value is -3.42. The molecule has 162 valence electrons. The molecule has 0 saturated carbocycles. The fourth-order valence-electron chi connectivity index (χ4n) is 3.86. The zero-order chi connectivity index (χ0) is 21.6. The van der Waals surface area contributed by atoms with E-state index in [1.807, 2.05) is 33.8 Å². The first-order chi connectivity index (χ1) is 15.2. The summed E-state index contributed by atoms with van der Waals surface area (Å²) in [5.74, 6) is 1.44. The normalized spacial score (nSPS) is 13.0. The van der Waals surface area contributed by atoms with Crippen LogP contribution in [-0.4, -0.2) is 44.2 Å². The SMILES string of the molecule is CCn1nc(COc2cnccn2)c2c1CCN(C(=O)CCc1ccc(OC)cc1)C2. The molecule has 0 aliphatic carbocycles. The van der Waals surface area contributed by atoms with E-state index in [4.69, 9.17) is 14.6 Å². The van der Waals surface area contributed by atoms with Crippen LogP contribution in [0.3, 0.4) is 0 Å². The zero-order valence-electron chi connectivity index (χ0n) is 18.0. The first kappa shape index (κ1) is 20.8. The molecule has 0 spiro atoms. The number of benzene rings is 1. The molecule has 1 aliphatic rings. The maximum atomic E-state index is 12.9. The van der Waals surface area contributed by atoms with Gasteiger partial charge >= 0.3 is 0 Å². The molecular weight excluding hydrogens is 394 g/mol. The van der Waals surface area contributed by atoms with E-state index in [0.29, 0.717) is 38.4 Å². The smallest absolute Gasteiger partial charge is 0.232 e. The van der Waals surface area contributed by atoms with Crippen LogP contribution >= 0.6 is 0 Å². The third kappa shape index (κ3) is 4.84. The van der Waals surface area contributed by atoms with E-state index in [0.717, 1.165) is 35.5 Å². The van der Waals surface area contributed by atoms with E-state index in [-0.39, 0.29) is 5.91 Å². The highest BCUT2D eigenvalue weighted by molar-refractivity contribution is 5.76. The van der Waals surface area contributed by atoms with Gasteiger partial charge in [-0.1, -0.05) is 12.1 Å². The average Bonchev–Trinajstić information content (AvgIpc) is 3.19. The summed E-state index contributed by atoms with van der Waals surface area (Å²) >= 11 is 0. The van der Waals surface area contributed by atoms with Crippen LogP contribution in [0.1, 0.15) is 35.9 Å². The lowest BCUT2D eigenvalue weighted by atomic mass is 10.0. The minimum absolute atomic E-state index is 0.159. The fraction of sp³-hybridized carbons (Fsp3) is 0.391. The molecule has 1 amide bonds. The molecule has 8 nitrogen and oxygen atoms in total. The number of rotatable bonds is 8.